The Balaban J connectivity index is 2.08. The number of hydrazine groups is 1. The Hall–Kier alpha value is -0.910. The van der Waals surface area contributed by atoms with Crippen LogP contribution in [0.15, 0.2) is 16.8 Å². The molecular formula is C13H21N3OS. The quantitative estimate of drug-likeness (QED) is 0.450. The van der Waals surface area contributed by atoms with Crippen LogP contribution in [-0.2, 0) is 11.3 Å². The molecule has 1 aromatic rings. The van der Waals surface area contributed by atoms with E-state index >= 15 is 0 Å². The van der Waals surface area contributed by atoms with Crippen LogP contribution in [0.3, 0.4) is 0 Å². The van der Waals surface area contributed by atoms with Crippen molar-refractivity contribution in [3.8, 4) is 0 Å². The highest BCUT2D eigenvalue weighted by molar-refractivity contribution is 7.07. The fourth-order valence-electron chi connectivity index (χ4n) is 2.31. The Bertz CT molecular complexity index is 376. The smallest absolute Gasteiger partial charge is 0.251 e. The largest absolute Gasteiger partial charge is 0.293 e. The maximum absolute atomic E-state index is 11.9. The van der Waals surface area contributed by atoms with Gasteiger partial charge in [0.15, 0.2) is 0 Å². The van der Waals surface area contributed by atoms with E-state index in [-0.39, 0.29) is 11.9 Å². The molecule has 0 radical (unpaired) electrons. The first-order valence-corrected chi connectivity index (χ1v) is 7.47. The molecule has 4 nitrogen and oxygen atoms in total. The first-order chi connectivity index (χ1) is 8.76. The molecule has 1 heterocycles. The molecule has 1 atom stereocenters. The van der Waals surface area contributed by atoms with Crippen molar-refractivity contribution in [3.63, 3.8) is 0 Å². The Morgan fingerprint density at radius 1 is 1.67 bits per heavy atom. The average molecular weight is 267 g/mol. The number of hydrogen-bond acceptors (Lipinski definition) is 4. The maximum atomic E-state index is 11.9. The van der Waals surface area contributed by atoms with E-state index < -0.39 is 0 Å². The number of nitrogens with two attached hydrogens (primary N) is 1. The number of amides is 1. The van der Waals surface area contributed by atoms with Crippen LogP contribution in [0.4, 0.5) is 0 Å². The molecule has 0 saturated heterocycles. The zero-order valence-corrected chi connectivity index (χ0v) is 11.6. The molecule has 1 fully saturated rings. The summed E-state index contributed by atoms with van der Waals surface area (Å²) in [5.74, 6) is 5.25. The summed E-state index contributed by atoms with van der Waals surface area (Å²) in [5, 5.41) is 4.23. The second kappa shape index (κ2) is 6.31. The number of carbonyl (C=O) groups excluding carboxylic acids is 1. The second-order valence-corrected chi connectivity index (χ2v) is 5.63. The predicted octanol–water partition coefficient (Wildman–Crippen LogP) is 1.87. The summed E-state index contributed by atoms with van der Waals surface area (Å²) in [6.07, 6.45) is 4.25. The highest BCUT2D eigenvalue weighted by Gasteiger charge is 2.36. The molecule has 0 spiro atoms. The van der Waals surface area contributed by atoms with Crippen LogP contribution in [0.5, 0.6) is 0 Å². The van der Waals surface area contributed by atoms with Gasteiger partial charge < -0.3 is 0 Å². The summed E-state index contributed by atoms with van der Waals surface area (Å²) < 4.78 is 0. The lowest BCUT2D eigenvalue weighted by atomic mass is 10.1. The zero-order chi connectivity index (χ0) is 13.0. The number of thiophene rings is 1. The molecule has 1 unspecified atom stereocenters. The summed E-state index contributed by atoms with van der Waals surface area (Å²) in [5.41, 5.74) is 3.60. The molecule has 2 rings (SSSR count). The fraction of sp³-hybridized carbons (Fsp3) is 0.615. The van der Waals surface area contributed by atoms with Crippen LogP contribution in [0, 0.1) is 0 Å². The molecule has 1 aliphatic carbocycles. The van der Waals surface area contributed by atoms with Gasteiger partial charge in [0, 0.05) is 12.6 Å². The van der Waals surface area contributed by atoms with E-state index in [9.17, 15) is 4.79 Å². The van der Waals surface area contributed by atoms with Crippen LogP contribution >= 0.6 is 11.3 Å². The van der Waals surface area contributed by atoms with Crippen molar-refractivity contribution in [3.05, 3.63) is 22.4 Å². The molecule has 18 heavy (non-hydrogen) atoms. The summed E-state index contributed by atoms with van der Waals surface area (Å²) >= 11 is 1.70. The lowest BCUT2D eigenvalue weighted by Gasteiger charge is -2.30. The van der Waals surface area contributed by atoms with Gasteiger partial charge in [-0.25, -0.2) is 5.84 Å². The van der Waals surface area contributed by atoms with Gasteiger partial charge in [0.25, 0.3) is 5.91 Å². The molecule has 1 saturated carbocycles. The Morgan fingerprint density at radius 2 is 2.44 bits per heavy atom. The van der Waals surface area contributed by atoms with E-state index in [0.717, 1.165) is 19.4 Å². The van der Waals surface area contributed by atoms with Gasteiger partial charge in [-0.15, -0.1) is 0 Å². The monoisotopic (exact) mass is 267 g/mol. The van der Waals surface area contributed by atoms with Crippen LogP contribution in [0.1, 0.15) is 38.2 Å². The SMILES string of the molecule is CCCC(C(=O)NN)N(Cc1ccsc1)C1CC1. The zero-order valence-electron chi connectivity index (χ0n) is 10.8. The molecule has 0 aromatic carbocycles. The van der Waals surface area contributed by atoms with Crippen molar-refractivity contribution >= 4 is 17.2 Å². The van der Waals surface area contributed by atoms with Crippen molar-refractivity contribution in [2.45, 2.75) is 51.2 Å². The van der Waals surface area contributed by atoms with E-state index in [1.165, 1.54) is 18.4 Å². The molecule has 1 aliphatic rings. The number of nitrogens with zero attached hydrogens (tertiary/aromatic N) is 1. The van der Waals surface area contributed by atoms with E-state index in [4.69, 9.17) is 5.84 Å². The topological polar surface area (TPSA) is 58.4 Å². The first-order valence-electron chi connectivity index (χ1n) is 6.53. The molecule has 0 aliphatic heterocycles. The Labute approximate surface area is 112 Å². The third-order valence-corrected chi connectivity index (χ3v) is 4.10. The third kappa shape index (κ3) is 3.31. The number of hydrogen-bond donors (Lipinski definition) is 2. The minimum absolute atomic E-state index is 0.0565. The van der Waals surface area contributed by atoms with E-state index in [1.807, 2.05) is 0 Å². The van der Waals surface area contributed by atoms with Gasteiger partial charge >= 0.3 is 0 Å². The number of nitrogens with one attached hydrogen (secondary N) is 1. The summed E-state index contributed by atoms with van der Waals surface area (Å²) in [4.78, 5) is 14.2. The summed E-state index contributed by atoms with van der Waals surface area (Å²) in [7, 11) is 0. The summed E-state index contributed by atoms with van der Waals surface area (Å²) in [6, 6.07) is 2.59. The highest BCUT2D eigenvalue weighted by atomic mass is 32.1. The molecule has 0 bridgehead atoms. The minimum Gasteiger partial charge on any atom is -0.293 e. The molecule has 100 valence electrons. The van der Waals surface area contributed by atoms with Crippen molar-refractivity contribution in [1.82, 2.24) is 10.3 Å². The van der Waals surface area contributed by atoms with Crippen molar-refractivity contribution < 1.29 is 4.79 Å². The Morgan fingerprint density at radius 3 is 2.94 bits per heavy atom. The normalized spacial score (nSPS) is 16.8. The predicted molar refractivity (Wildman–Crippen MR) is 73.9 cm³/mol. The van der Waals surface area contributed by atoms with E-state index in [0.29, 0.717) is 6.04 Å². The summed E-state index contributed by atoms with van der Waals surface area (Å²) in [6.45, 7) is 2.96. The van der Waals surface area contributed by atoms with Gasteiger partial charge in [0.2, 0.25) is 0 Å². The highest BCUT2D eigenvalue weighted by Crippen LogP contribution is 2.31. The van der Waals surface area contributed by atoms with Crippen LogP contribution in [0.2, 0.25) is 0 Å². The Kier molecular flexibility index (Phi) is 4.74. The van der Waals surface area contributed by atoms with Gasteiger partial charge in [-0.2, -0.15) is 11.3 Å². The lowest BCUT2D eigenvalue weighted by molar-refractivity contribution is -0.127. The standard InChI is InChI=1S/C13H21N3OS/c1-2-3-12(13(17)15-14)16(11-4-5-11)8-10-6-7-18-9-10/h6-7,9,11-12H,2-5,8,14H2,1H3,(H,15,17). The second-order valence-electron chi connectivity index (χ2n) is 4.85. The van der Waals surface area contributed by atoms with Crippen LogP contribution in [0.25, 0.3) is 0 Å². The van der Waals surface area contributed by atoms with Crippen molar-refractivity contribution in [1.29, 1.82) is 0 Å². The third-order valence-electron chi connectivity index (χ3n) is 3.37. The molecule has 1 aromatic heterocycles. The van der Waals surface area contributed by atoms with Gasteiger partial charge in [-0.05, 0) is 41.7 Å². The lowest BCUT2D eigenvalue weighted by Crippen LogP contribution is -2.49. The molecular weight excluding hydrogens is 246 g/mol. The van der Waals surface area contributed by atoms with Crippen molar-refractivity contribution in [2.24, 2.45) is 5.84 Å². The van der Waals surface area contributed by atoms with Gasteiger partial charge in [-0.1, -0.05) is 13.3 Å². The van der Waals surface area contributed by atoms with E-state index in [1.54, 1.807) is 11.3 Å². The van der Waals surface area contributed by atoms with E-state index in [2.05, 4.69) is 34.1 Å². The molecule has 5 heteroatoms. The van der Waals surface area contributed by atoms with Crippen LogP contribution in [-0.4, -0.2) is 22.9 Å². The van der Waals surface area contributed by atoms with Gasteiger partial charge in [-0.3, -0.25) is 15.1 Å². The first kappa shape index (κ1) is 13.5. The maximum Gasteiger partial charge on any atom is 0.251 e. The minimum atomic E-state index is -0.0904. The molecule has 1 amide bonds. The van der Waals surface area contributed by atoms with Crippen LogP contribution < -0.4 is 11.3 Å². The van der Waals surface area contributed by atoms with Crippen molar-refractivity contribution in [2.75, 3.05) is 0 Å². The fourth-order valence-corrected chi connectivity index (χ4v) is 2.97. The van der Waals surface area contributed by atoms with Gasteiger partial charge in [0.1, 0.15) is 0 Å². The number of rotatable bonds is 7. The molecule has 3 N–H and O–H groups in total. The number of carbonyl (C=O) groups is 1. The average Bonchev–Trinajstić information content (AvgIpc) is 3.10. The van der Waals surface area contributed by atoms with Gasteiger partial charge in [0.05, 0.1) is 6.04 Å².